The van der Waals surface area contributed by atoms with E-state index in [0.717, 1.165) is 12.8 Å². The van der Waals surface area contributed by atoms with E-state index in [-0.39, 0.29) is 6.54 Å². The Hall–Kier alpha value is -2.08. The first kappa shape index (κ1) is 15.3. The normalized spacial score (nSPS) is 18.3. The quantitative estimate of drug-likeness (QED) is 0.795. The second kappa shape index (κ2) is 7.64. The zero-order valence-electron chi connectivity index (χ0n) is 11.8. The van der Waals surface area contributed by atoms with Crippen LogP contribution in [-0.2, 0) is 16.0 Å². The molecule has 2 N–H and O–H groups in total. The molecule has 0 unspecified atom stereocenters. The Morgan fingerprint density at radius 1 is 1.33 bits per heavy atom. The first-order valence-corrected chi connectivity index (χ1v) is 7.09. The van der Waals surface area contributed by atoms with Crippen LogP contribution in [0.4, 0.5) is 4.79 Å². The maximum absolute atomic E-state index is 11.9. The van der Waals surface area contributed by atoms with Gasteiger partial charge in [0.2, 0.25) is 0 Å². The van der Waals surface area contributed by atoms with Gasteiger partial charge in [-0.25, -0.2) is 9.59 Å². The highest BCUT2D eigenvalue weighted by Crippen LogP contribution is 2.07. The molecule has 1 atom stereocenters. The van der Waals surface area contributed by atoms with Crippen LogP contribution in [0.2, 0.25) is 0 Å². The summed E-state index contributed by atoms with van der Waals surface area (Å²) in [4.78, 5) is 24.3. The molecule has 21 heavy (non-hydrogen) atoms. The summed E-state index contributed by atoms with van der Waals surface area (Å²) in [5, 5.41) is 12.0. The third kappa shape index (κ3) is 4.46. The molecule has 0 spiro atoms. The van der Waals surface area contributed by atoms with Gasteiger partial charge < -0.3 is 15.2 Å². The zero-order chi connectivity index (χ0) is 15.1. The van der Waals surface area contributed by atoms with E-state index in [9.17, 15) is 9.59 Å². The number of carboxylic acids is 1. The van der Waals surface area contributed by atoms with E-state index in [2.05, 4.69) is 5.32 Å². The summed E-state index contributed by atoms with van der Waals surface area (Å²) in [5.74, 6) is -1.01. The number of aliphatic carboxylic acids is 1. The Morgan fingerprint density at radius 3 is 2.81 bits per heavy atom. The second-order valence-corrected chi connectivity index (χ2v) is 4.96. The molecule has 1 amide bonds. The van der Waals surface area contributed by atoms with Gasteiger partial charge in [-0.2, -0.15) is 0 Å². The first-order valence-electron chi connectivity index (χ1n) is 7.09. The van der Waals surface area contributed by atoms with Crippen molar-refractivity contribution in [3.05, 3.63) is 35.9 Å². The van der Waals surface area contributed by atoms with Gasteiger partial charge in [0.05, 0.1) is 6.61 Å². The topological polar surface area (TPSA) is 78.9 Å². The van der Waals surface area contributed by atoms with Crippen molar-refractivity contribution in [2.24, 2.45) is 0 Å². The number of nitrogens with one attached hydrogen (secondary N) is 1. The number of carboxylic acid groups (broad SMARTS) is 1. The molecule has 1 aromatic carbocycles. The van der Waals surface area contributed by atoms with Gasteiger partial charge >= 0.3 is 12.1 Å². The molecule has 0 saturated carbocycles. The molecule has 1 fully saturated rings. The summed E-state index contributed by atoms with van der Waals surface area (Å²) < 4.78 is 5.18. The number of benzene rings is 1. The molecule has 1 aromatic rings. The van der Waals surface area contributed by atoms with E-state index in [1.165, 1.54) is 10.5 Å². The molecule has 6 nitrogen and oxygen atoms in total. The standard InChI is InChI=1S/C15H20N2O4/c18-14(19)13-11-16-8-9-17(13)15(20)21-10-4-7-12-5-2-1-3-6-12/h1-3,5-6,13,16H,4,7-11H2,(H,18,19)/t13-/m0/s1. The molecule has 6 heteroatoms. The molecule has 114 valence electrons. The summed E-state index contributed by atoms with van der Waals surface area (Å²) >= 11 is 0. The lowest BCUT2D eigenvalue weighted by atomic mass is 10.1. The number of hydrogen-bond donors (Lipinski definition) is 2. The van der Waals surface area contributed by atoms with Gasteiger partial charge in [-0.15, -0.1) is 0 Å². The van der Waals surface area contributed by atoms with Crippen molar-refractivity contribution in [1.82, 2.24) is 10.2 Å². The second-order valence-electron chi connectivity index (χ2n) is 4.96. The van der Waals surface area contributed by atoms with Crippen LogP contribution < -0.4 is 5.32 Å². The number of amides is 1. The van der Waals surface area contributed by atoms with E-state index in [1.54, 1.807) is 0 Å². The van der Waals surface area contributed by atoms with Crippen LogP contribution in [0.1, 0.15) is 12.0 Å². The van der Waals surface area contributed by atoms with Gasteiger partial charge in [-0.1, -0.05) is 30.3 Å². The van der Waals surface area contributed by atoms with E-state index in [0.29, 0.717) is 19.7 Å². The predicted molar refractivity (Wildman–Crippen MR) is 77.1 cm³/mol. The van der Waals surface area contributed by atoms with Gasteiger partial charge in [-0.05, 0) is 18.4 Å². The Labute approximate surface area is 123 Å². The van der Waals surface area contributed by atoms with Crippen molar-refractivity contribution < 1.29 is 19.4 Å². The van der Waals surface area contributed by atoms with E-state index < -0.39 is 18.1 Å². The third-order valence-electron chi connectivity index (χ3n) is 3.44. The molecular weight excluding hydrogens is 272 g/mol. The Balaban J connectivity index is 1.74. The van der Waals surface area contributed by atoms with Crippen molar-refractivity contribution in [2.75, 3.05) is 26.2 Å². The number of hydrogen-bond acceptors (Lipinski definition) is 4. The van der Waals surface area contributed by atoms with Gasteiger partial charge in [0, 0.05) is 19.6 Å². The number of aryl methyl sites for hydroxylation is 1. The number of piperazine rings is 1. The minimum Gasteiger partial charge on any atom is -0.480 e. The van der Waals surface area contributed by atoms with Crippen LogP contribution >= 0.6 is 0 Å². The van der Waals surface area contributed by atoms with Gasteiger partial charge in [0.15, 0.2) is 0 Å². The number of carbonyl (C=O) groups excluding carboxylic acids is 1. The molecular formula is C15H20N2O4. The number of rotatable bonds is 5. The van der Waals surface area contributed by atoms with Crippen molar-refractivity contribution in [3.8, 4) is 0 Å². The molecule has 0 bridgehead atoms. The maximum atomic E-state index is 11.9. The molecule has 1 aliphatic rings. The monoisotopic (exact) mass is 292 g/mol. The zero-order valence-corrected chi connectivity index (χ0v) is 11.8. The number of nitrogens with zero attached hydrogens (tertiary/aromatic N) is 1. The summed E-state index contributed by atoms with van der Waals surface area (Å²) in [7, 11) is 0. The maximum Gasteiger partial charge on any atom is 0.410 e. The van der Waals surface area contributed by atoms with E-state index in [1.807, 2.05) is 30.3 Å². The van der Waals surface area contributed by atoms with Crippen LogP contribution in [0.5, 0.6) is 0 Å². The minimum atomic E-state index is -1.01. The molecule has 0 radical (unpaired) electrons. The Kier molecular flexibility index (Phi) is 5.57. The van der Waals surface area contributed by atoms with Crippen molar-refractivity contribution in [2.45, 2.75) is 18.9 Å². The fourth-order valence-corrected chi connectivity index (χ4v) is 2.31. The van der Waals surface area contributed by atoms with Crippen LogP contribution in [0.3, 0.4) is 0 Å². The van der Waals surface area contributed by atoms with E-state index in [4.69, 9.17) is 9.84 Å². The smallest absolute Gasteiger partial charge is 0.410 e. The largest absolute Gasteiger partial charge is 0.480 e. The van der Waals surface area contributed by atoms with Crippen molar-refractivity contribution >= 4 is 12.1 Å². The predicted octanol–water partition coefficient (Wildman–Crippen LogP) is 1.11. The molecule has 1 aliphatic heterocycles. The average Bonchev–Trinajstić information content (AvgIpc) is 2.52. The molecule has 1 saturated heterocycles. The van der Waals surface area contributed by atoms with Crippen molar-refractivity contribution in [3.63, 3.8) is 0 Å². The SMILES string of the molecule is O=C(O)[C@@H]1CNCCN1C(=O)OCCCc1ccccc1. The molecule has 2 rings (SSSR count). The highest BCUT2D eigenvalue weighted by atomic mass is 16.6. The van der Waals surface area contributed by atoms with Crippen molar-refractivity contribution in [1.29, 1.82) is 0 Å². The molecule has 0 aromatic heterocycles. The fourth-order valence-electron chi connectivity index (χ4n) is 2.31. The first-order chi connectivity index (χ1) is 10.2. The summed E-state index contributed by atoms with van der Waals surface area (Å²) in [6, 6.07) is 9.11. The highest BCUT2D eigenvalue weighted by Gasteiger charge is 2.32. The number of ether oxygens (including phenoxy) is 1. The van der Waals surface area contributed by atoms with Gasteiger partial charge in [-0.3, -0.25) is 4.90 Å². The fraction of sp³-hybridized carbons (Fsp3) is 0.467. The minimum absolute atomic E-state index is 0.258. The summed E-state index contributed by atoms with van der Waals surface area (Å²) in [6.07, 6.45) is 1.01. The average molecular weight is 292 g/mol. The highest BCUT2D eigenvalue weighted by molar-refractivity contribution is 5.80. The Bertz CT molecular complexity index is 478. The lowest BCUT2D eigenvalue weighted by Gasteiger charge is -2.32. The van der Waals surface area contributed by atoms with Gasteiger partial charge in [0.25, 0.3) is 0 Å². The molecule has 0 aliphatic carbocycles. The lowest BCUT2D eigenvalue weighted by Crippen LogP contribution is -2.57. The van der Waals surface area contributed by atoms with Gasteiger partial charge in [0.1, 0.15) is 6.04 Å². The van der Waals surface area contributed by atoms with Crippen LogP contribution in [0, 0.1) is 0 Å². The third-order valence-corrected chi connectivity index (χ3v) is 3.44. The summed E-state index contributed by atoms with van der Waals surface area (Å²) in [5.41, 5.74) is 1.19. The van der Waals surface area contributed by atoms with Crippen LogP contribution in [0.15, 0.2) is 30.3 Å². The van der Waals surface area contributed by atoms with E-state index >= 15 is 0 Å². The molecule has 1 heterocycles. The van der Waals surface area contributed by atoms with Crippen LogP contribution in [0.25, 0.3) is 0 Å². The summed E-state index contributed by atoms with van der Waals surface area (Å²) in [6.45, 7) is 1.50. The Morgan fingerprint density at radius 2 is 2.10 bits per heavy atom. The van der Waals surface area contributed by atoms with Crippen LogP contribution in [-0.4, -0.2) is 54.4 Å². The lowest BCUT2D eigenvalue weighted by molar-refractivity contribution is -0.143. The number of carbonyl (C=O) groups is 2.